The average molecular weight is 370 g/mol. The Kier molecular flexibility index (Phi) is 4.49. The van der Waals surface area contributed by atoms with E-state index >= 15 is 0 Å². The van der Waals surface area contributed by atoms with Crippen molar-refractivity contribution in [1.29, 1.82) is 0 Å². The molecule has 5 nitrogen and oxygen atoms in total. The van der Waals surface area contributed by atoms with Crippen molar-refractivity contribution in [2.75, 3.05) is 4.90 Å². The summed E-state index contributed by atoms with van der Waals surface area (Å²) in [5, 5.41) is 4.19. The van der Waals surface area contributed by atoms with E-state index in [0.29, 0.717) is 5.69 Å². The second-order valence-corrected chi connectivity index (χ2v) is 6.55. The number of barbiturate groups is 1. The van der Waals surface area contributed by atoms with Crippen LogP contribution in [-0.2, 0) is 16.0 Å². The monoisotopic (exact) mass is 370 g/mol. The fourth-order valence-electron chi connectivity index (χ4n) is 3.30. The van der Waals surface area contributed by atoms with Crippen LogP contribution in [0.3, 0.4) is 0 Å². The molecule has 0 radical (unpaired) electrons. The first-order chi connectivity index (χ1) is 13.6. The van der Waals surface area contributed by atoms with Crippen LogP contribution in [0.2, 0.25) is 0 Å². The number of nitrogens with zero attached hydrogens (tertiary/aromatic N) is 1. The van der Waals surface area contributed by atoms with E-state index < -0.39 is 17.8 Å². The number of imide groups is 2. The van der Waals surface area contributed by atoms with Crippen LogP contribution in [0.5, 0.6) is 0 Å². The van der Waals surface area contributed by atoms with Gasteiger partial charge in [-0.2, -0.15) is 0 Å². The van der Waals surface area contributed by atoms with Crippen molar-refractivity contribution in [3.63, 3.8) is 0 Å². The van der Waals surface area contributed by atoms with E-state index in [-0.39, 0.29) is 5.57 Å². The maximum atomic E-state index is 13.0. The first-order valence-electron chi connectivity index (χ1n) is 9.06. The molecule has 0 saturated carbocycles. The topological polar surface area (TPSA) is 66.5 Å². The molecule has 1 N–H and O–H groups in total. The summed E-state index contributed by atoms with van der Waals surface area (Å²) in [6.45, 7) is 2.03. The summed E-state index contributed by atoms with van der Waals surface area (Å²) in [4.78, 5) is 38.7. The van der Waals surface area contributed by atoms with Crippen LogP contribution in [0.15, 0.2) is 72.3 Å². The lowest BCUT2D eigenvalue weighted by Crippen LogP contribution is -2.54. The largest absolute Gasteiger partial charge is 0.335 e. The van der Waals surface area contributed by atoms with E-state index in [1.54, 1.807) is 18.2 Å². The molecule has 0 atom stereocenters. The third-order valence-corrected chi connectivity index (χ3v) is 4.83. The van der Waals surface area contributed by atoms with E-state index in [9.17, 15) is 14.4 Å². The van der Waals surface area contributed by atoms with Gasteiger partial charge in [0.2, 0.25) is 0 Å². The molecule has 4 rings (SSSR count). The predicted octanol–water partition coefficient (Wildman–Crippen LogP) is 4.07. The fourth-order valence-corrected chi connectivity index (χ4v) is 3.30. The van der Waals surface area contributed by atoms with Gasteiger partial charge in [0.1, 0.15) is 5.57 Å². The van der Waals surface area contributed by atoms with Crippen molar-refractivity contribution in [3.05, 3.63) is 83.4 Å². The maximum Gasteiger partial charge on any atom is 0.335 e. The molecule has 0 unspecified atom stereocenters. The van der Waals surface area contributed by atoms with Gasteiger partial charge in [-0.05, 0) is 46.5 Å². The number of benzene rings is 3. The minimum absolute atomic E-state index is 0.0736. The Morgan fingerprint density at radius 3 is 2.36 bits per heavy atom. The van der Waals surface area contributed by atoms with Crippen LogP contribution in [0.25, 0.3) is 16.8 Å². The molecule has 1 aliphatic rings. The van der Waals surface area contributed by atoms with Crippen molar-refractivity contribution in [1.82, 2.24) is 5.32 Å². The highest BCUT2D eigenvalue weighted by atomic mass is 16.2. The minimum Gasteiger partial charge on any atom is -0.273 e. The van der Waals surface area contributed by atoms with Crippen LogP contribution in [0.4, 0.5) is 10.5 Å². The molecule has 28 heavy (non-hydrogen) atoms. The molecule has 4 amide bonds. The number of carbonyl (C=O) groups excluding carboxylic acids is 3. The van der Waals surface area contributed by atoms with E-state index in [1.807, 2.05) is 61.5 Å². The number of hydrogen-bond acceptors (Lipinski definition) is 3. The molecule has 1 saturated heterocycles. The number of urea groups is 1. The molecule has 1 aliphatic heterocycles. The number of carbonyl (C=O) groups is 3. The highest BCUT2D eigenvalue weighted by molar-refractivity contribution is 6.39. The van der Waals surface area contributed by atoms with Crippen molar-refractivity contribution >= 4 is 40.4 Å². The van der Waals surface area contributed by atoms with Crippen LogP contribution in [0, 0.1) is 0 Å². The lowest BCUT2D eigenvalue weighted by Gasteiger charge is -2.26. The van der Waals surface area contributed by atoms with Gasteiger partial charge >= 0.3 is 6.03 Å². The van der Waals surface area contributed by atoms with Crippen molar-refractivity contribution in [2.24, 2.45) is 0 Å². The average Bonchev–Trinajstić information content (AvgIpc) is 2.71. The summed E-state index contributed by atoms with van der Waals surface area (Å²) in [6, 6.07) is 19.8. The van der Waals surface area contributed by atoms with Gasteiger partial charge in [0.05, 0.1) is 5.69 Å². The normalized spacial score (nSPS) is 16.0. The number of anilines is 1. The summed E-state index contributed by atoms with van der Waals surface area (Å²) >= 11 is 0. The molecule has 138 valence electrons. The van der Waals surface area contributed by atoms with Gasteiger partial charge < -0.3 is 0 Å². The van der Waals surface area contributed by atoms with Gasteiger partial charge in [-0.15, -0.1) is 0 Å². The lowest BCUT2D eigenvalue weighted by molar-refractivity contribution is -0.122. The summed E-state index contributed by atoms with van der Waals surface area (Å²) < 4.78 is 0. The second kappa shape index (κ2) is 7.12. The summed E-state index contributed by atoms with van der Waals surface area (Å²) in [5.41, 5.74) is 2.19. The van der Waals surface area contributed by atoms with Crippen LogP contribution in [-0.4, -0.2) is 17.8 Å². The Hall–Kier alpha value is -3.73. The number of aryl methyl sites for hydroxylation is 1. The van der Waals surface area contributed by atoms with Gasteiger partial charge in [0, 0.05) is 0 Å². The molecule has 0 spiro atoms. The first kappa shape index (κ1) is 17.7. The Bertz CT molecular complexity index is 1120. The molecule has 1 heterocycles. The van der Waals surface area contributed by atoms with E-state index in [0.717, 1.165) is 33.2 Å². The smallest absolute Gasteiger partial charge is 0.273 e. The third-order valence-electron chi connectivity index (χ3n) is 4.83. The Morgan fingerprint density at radius 1 is 0.893 bits per heavy atom. The first-order valence-corrected chi connectivity index (χ1v) is 9.06. The van der Waals surface area contributed by atoms with Gasteiger partial charge in [0.25, 0.3) is 11.8 Å². The highest BCUT2D eigenvalue weighted by Gasteiger charge is 2.36. The zero-order chi connectivity index (χ0) is 19.7. The molecule has 5 heteroatoms. The van der Waals surface area contributed by atoms with Crippen molar-refractivity contribution in [2.45, 2.75) is 13.3 Å². The van der Waals surface area contributed by atoms with Crippen molar-refractivity contribution in [3.8, 4) is 0 Å². The summed E-state index contributed by atoms with van der Waals surface area (Å²) in [7, 11) is 0. The van der Waals surface area contributed by atoms with Gasteiger partial charge in [-0.25, -0.2) is 9.69 Å². The highest BCUT2D eigenvalue weighted by Crippen LogP contribution is 2.25. The van der Waals surface area contributed by atoms with E-state index in [2.05, 4.69) is 5.32 Å². The molecular weight excluding hydrogens is 352 g/mol. The molecule has 1 fully saturated rings. The fraction of sp³-hybridized carbons (Fsp3) is 0.0870. The van der Waals surface area contributed by atoms with Gasteiger partial charge in [-0.3, -0.25) is 14.9 Å². The minimum atomic E-state index is -0.741. The number of nitrogens with one attached hydrogen (secondary N) is 1. The summed E-state index contributed by atoms with van der Waals surface area (Å²) in [6.07, 6.45) is 2.39. The Balaban J connectivity index is 1.77. The molecular formula is C23H18N2O3. The van der Waals surface area contributed by atoms with Crippen LogP contribution >= 0.6 is 0 Å². The standard InChI is InChI=1S/C23H18N2O3/c1-2-15-10-12-18(13-11-15)25-22(27)20(21(26)24-23(25)28)14-17-8-5-7-16-6-3-4-9-19(16)17/h3-14H,2H2,1H3,(H,24,26,28)/b20-14+. The zero-order valence-electron chi connectivity index (χ0n) is 15.3. The SMILES string of the molecule is CCc1ccc(N2C(=O)NC(=O)/C(=C\c3cccc4ccccc34)C2=O)cc1. The molecule has 3 aromatic carbocycles. The van der Waals surface area contributed by atoms with E-state index in [1.165, 1.54) is 0 Å². The van der Waals surface area contributed by atoms with Crippen LogP contribution in [0.1, 0.15) is 18.1 Å². The van der Waals surface area contributed by atoms with Gasteiger partial charge in [0.15, 0.2) is 0 Å². The summed E-state index contributed by atoms with van der Waals surface area (Å²) in [5.74, 6) is -1.32. The quantitative estimate of drug-likeness (QED) is 0.558. The predicted molar refractivity (Wildman–Crippen MR) is 109 cm³/mol. The third kappa shape index (κ3) is 3.07. The number of rotatable bonds is 3. The lowest BCUT2D eigenvalue weighted by atomic mass is 10.0. The molecule has 0 aliphatic carbocycles. The number of fused-ring (bicyclic) bond motifs is 1. The molecule has 3 aromatic rings. The van der Waals surface area contributed by atoms with E-state index in [4.69, 9.17) is 0 Å². The second-order valence-electron chi connectivity index (χ2n) is 6.55. The Morgan fingerprint density at radius 2 is 1.61 bits per heavy atom. The maximum absolute atomic E-state index is 13.0. The van der Waals surface area contributed by atoms with Crippen molar-refractivity contribution < 1.29 is 14.4 Å². The molecule has 0 bridgehead atoms. The van der Waals surface area contributed by atoms with Gasteiger partial charge in [-0.1, -0.05) is 61.5 Å². The number of hydrogen-bond donors (Lipinski definition) is 1. The Labute approximate surface area is 162 Å². The zero-order valence-corrected chi connectivity index (χ0v) is 15.3. The molecule has 0 aromatic heterocycles. The number of amides is 4. The van der Waals surface area contributed by atoms with Crippen LogP contribution < -0.4 is 10.2 Å².